The molecule has 2 aromatic carbocycles. The minimum atomic E-state index is -0.816. The zero-order valence-corrected chi connectivity index (χ0v) is 20.6. The second-order valence-corrected chi connectivity index (χ2v) is 8.31. The third-order valence-electron chi connectivity index (χ3n) is 5.94. The lowest BCUT2D eigenvalue weighted by Crippen LogP contribution is -2.11. The fourth-order valence-corrected chi connectivity index (χ4v) is 4.01. The summed E-state index contributed by atoms with van der Waals surface area (Å²) in [5.74, 6) is 1.71. The largest absolute Gasteiger partial charge is 0.497 e. The van der Waals surface area contributed by atoms with E-state index in [2.05, 4.69) is 16.3 Å². The summed E-state index contributed by atoms with van der Waals surface area (Å²) in [6, 6.07) is 15.9. The third-order valence-corrected chi connectivity index (χ3v) is 5.94. The second-order valence-electron chi connectivity index (χ2n) is 8.31. The smallest absolute Gasteiger partial charge is 0.354 e. The molecule has 4 rings (SSSR count). The molecule has 1 aliphatic heterocycles. The minimum absolute atomic E-state index is 0.149. The van der Waals surface area contributed by atoms with Crippen LogP contribution in [-0.2, 0) is 17.8 Å². The number of rotatable bonds is 7. The van der Waals surface area contributed by atoms with Crippen molar-refractivity contribution in [3.63, 3.8) is 0 Å². The molecule has 0 saturated carbocycles. The van der Waals surface area contributed by atoms with Gasteiger partial charge in [-0.15, -0.1) is 10.2 Å². The Hall–Kier alpha value is -4.89. The average Bonchev–Trinajstić information content (AvgIpc) is 3.18. The lowest BCUT2D eigenvalue weighted by Gasteiger charge is -2.10. The Morgan fingerprint density at radius 1 is 0.919 bits per heavy atom. The zero-order valence-electron chi connectivity index (χ0n) is 20.6. The van der Waals surface area contributed by atoms with Crippen molar-refractivity contribution in [2.45, 2.75) is 32.2 Å². The number of carbonyl (C=O) groups is 1. The number of allylic oxidation sites excluding steroid dienone is 1. The molecule has 0 aliphatic carbocycles. The summed E-state index contributed by atoms with van der Waals surface area (Å²) in [5, 5.41) is 27.9. The van der Waals surface area contributed by atoms with Crippen molar-refractivity contribution in [3.8, 4) is 29.4 Å². The van der Waals surface area contributed by atoms with Gasteiger partial charge in [0.2, 0.25) is 0 Å². The number of nitrogens with zero attached hydrogens (tertiary/aromatic N) is 5. The first-order valence-corrected chi connectivity index (χ1v) is 11.8. The topological polar surface area (TPSA) is 123 Å². The van der Waals surface area contributed by atoms with Gasteiger partial charge in [-0.2, -0.15) is 10.5 Å². The van der Waals surface area contributed by atoms with E-state index < -0.39 is 5.97 Å². The Kier molecular flexibility index (Phi) is 7.97. The molecule has 9 nitrogen and oxygen atoms in total. The monoisotopic (exact) mass is 495 g/mol. The van der Waals surface area contributed by atoms with Gasteiger partial charge in [0.05, 0.1) is 19.8 Å². The van der Waals surface area contributed by atoms with Crippen molar-refractivity contribution in [3.05, 3.63) is 70.8 Å². The summed E-state index contributed by atoms with van der Waals surface area (Å²) in [7, 11) is 3.00. The molecule has 2 heterocycles. The first-order valence-electron chi connectivity index (χ1n) is 11.8. The number of hydrogen-bond donors (Lipinski definition) is 0. The normalized spacial score (nSPS) is 13.5. The van der Waals surface area contributed by atoms with Gasteiger partial charge in [-0.1, -0.05) is 24.6 Å². The number of methoxy groups -OCH3 is 2. The SMILES string of the molecule is COc1ccc(/C=C(/C#N)C(=O)Oc2ccc(/C=C(/C#N)c3nnc4n3CCCCC4)cc2OC)cc1. The van der Waals surface area contributed by atoms with Gasteiger partial charge < -0.3 is 18.8 Å². The highest BCUT2D eigenvalue weighted by Crippen LogP contribution is 2.31. The molecule has 0 bridgehead atoms. The molecule has 37 heavy (non-hydrogen) atoms. The van der Waals surface area contributed by atoms with Crippen LogP contribution in [0.25, 0.3) is 17.7 Å². The third kappa shape index (κ3) is 5.85. The fraction of sp³-hybridized carbons (Fsp3) is 0.250. The van der Waals surface area contributed by atoms with Crippen LogP contribution in [0, 0.1) is 22.7 Å². The van der Waals surface area contributed by atoms with E-state index in [1.807, 2.05) is 10.6 Å². The highest BCUT2D eigenvalue weighted by atomic mass is 16.6. The predicted molar refractivity (Wildman–Crippen MR) is 136 cm³/mol. The lowest BCUT2D eigenvalue weighted by molar-refractivity contribution is -0.129. The van der Waals surface area contributed by atoms with Crippen LogP contribution in [0.2, 0.25) is 0 Å². The maximum absolute atomic E-state index is 12.7. The van der Waals surface area contributed by atoms with Gasteiger partial charge in [0.15, 0.2) is 17.3 Å². The molecule has 0 spiro atoms. The van der Waals surface area contributed by atoms with E-state index in [4.69, 9.17) is 14.2 Å². The van der Waals surface area contributed by atoms with Gasteiger partial charge >= 0.3 is 5.97 Å². The number of carbonyl (C=O) groups excluding carboxylic acids is 1. The Bertz CT molecular complexity index is 1440. The highest BCUT2D eigenvalue weighted by Gasteiger charge is 2.19. The number of fused-ring (bicyclic) bond motifs is 1. The molecule has 0 amide bonds. The summed E-state index contributed by atoms with van der Waals surface area (Å²) >= 11 is 0. The number of aromatic nitrogens is 3. The molecule has 3 aromatic rings. The van der Waals surface area contributed by atoms with Gasteiger partial charge in [-0.05, 0) is 60.4 Å². The molecule has 0 atom stereocenters. The Morgan fingerprint density at radius 3 is 2.41 bits per heavy atom. The van der Waals surface area contributed by atoms with E-state index in [9.17, 15) is 15.3 Å². The number of benzene rings is 2. The van der Waals surface area contributed by atoms with Gasteiger partial charge in [0.25, 0.3) is 0 Å². The molecule has 0 fully saturated rings. The quantitative estimate of drug-likeness (QED) is 0.202. The van der Waals surface area contributed by atoms with Gasteiger partial charge in [0, 0.05) is 13.0 Å². The van der Waals surface area contributed by atoms with Crippen molar-refractivity contribution in [1.29, 1.82) is 10.5 Å². The summed E-state index contributed by atoms with van der Waals surface area (Å²) < 4.78 is 18.0. The molecule has 0 saturated heterocycles. The molecule has 9 heteroatoms. The molecule has 1 aliphatic rings. The van der Waals surface area contributed by atoms with E-state index in [1.54, 1.807) is 55.7 Å². The number of nitriles is 2. The minimum Gasteiger partial charge on any atom is -0.497 e. The van der Waals surface area contributed by atoms with Crippen molar-refractivity contribution in [1.82, 2.24) is 14.8 Å². The highest BCUT2D eigenvalue weighted by molar-refractivity contribution is 5.99. The van der Waals surface area contributed by atoms with E-state index in [1.165, 1.54) is 13.2 Å². The molecular formula is C28H25N5O4. The van der Waals surface area contributed by atoms with Crippen LogP contribution in [0.15, 0.2) is 48.0 Å². The van der Waals surface area contributed by atoms with Crippen LogP contribution in [-0.4, -0.2) is 35.0 Å². The molecule has 0 radical (unpaired) electrons. The van der Waals surface area contributed by atoms with Gasteiger partial charge in [-0.3, -0.25) is 0 Å². The second kappa shape index (κ2) is 11.7. The number of hydrogen-bond acceptors (Lipinski definition) is 8. The van der Waals surface area contributed by atoms with E-state index in [0.29, 0.717) is 28.3 Å². The van der Waals surface area contributed by atoms with Crippen molar-refractivity contribution in [2.75, 3.05) is 14.2 Å². The van der Waals surface area contributed by atoms with Crippen LogP contribution >= 0.6 is 0 Å². The summed E-state index contributed by atoms with van der Waals surface area (Å²) in [5.41, 5.74) is 1.52. The van der Waals surface area contributed by atoms with Crippen molar-refractivity contribution >= 4 is 23.7 Å². The lowest BCUT2D eigenvalue weighted by atomic mass is 10.1. The zero-order chi connectivity index (χ0) is 26.2. The van der Waals surface area contributed by atoms with Crippen molar-refractivity contribution < 1.29 is 19.0 Å². The Balaban J connectivity index is 1.57. The molecule has 1 aromatic heterocycles. The standard InChI is InChI=1S/C28H25N5O4/c1-35-23-10-7-19(8-11-23)14-22(18-30)28(34)37-24-12-9-20(16-25(24)36-2)15-21(17-29)27-32-31-26-6-4-3-5-13-33(26)27/h7-12,14-16H,3-6,13H2,1-2H3/b21-15-,22-14-. The Labute approximate surface area is 214 Å². The van der Waals surface area contributed by atoms with Crippen LogP contribution in [0.3, 0.4) is 0 Å². The summed E-state index contributed by atoms with van der Waals surface area (Å²) in [4.78, 5) is 12.7. The molecular weight excluding hydrogens is 470 g/mol. The maximum Gasteiger partial charge on any atom is 0.354 e. The van der Waals surface area contributed by atoms with E-state index >= 15 is 0 Å². The van der Waals surface area contributed by atoms with Crippen LogP contribution < -0.4 is 14.2 Å². The first kappa shape index (κ1) is 25.2. The first-order chi connectivity index (χ1) is 18.1. The molecule has 0 N–H and O–H groups in total. The number of aryl methyl sites for hydroxylation is 1. The van der Waals surface area contributed by atoms with E-state index in [0.717, 1.165) is 38.1 Å². The molecule has 186 valence electrons. The summed E-state index contributed by atoms with van der Waals surface area (Å²) in [6.45, 7) is 0.778. The number of esters is 1. The van der Waals surface area contributed by atoms with E-state index in [-0.39, 0.29) is 17.1 Å². The maximum atomic E-state index is 12.7. The summed E-state index contributed by atoms with van der Waals surface area (Å²) in [6.07, 6.45) is 7.17. The van der Waals surface area contributed by atoms with Crippen molar-refractivity contribution in [2.24, 2.45) is 0 Å². The van der Waals surface area contributed by atoms with Crippen LogP contribution in [0.4, 0.5) is 0 Å². The predicted octanol–water partition coefficient (Wildman–Crippen LogP) is 4.60. The number of ether oxygens (including phenoxy) is 3. The van der Waals surface area contributed by atoms with Gasteiger partial charge in [0.1, 0.15) is 29.3 Å². The van der Waals surface area contributed by atoms with Crippen LogP contribution in [0.1, 0.15) is 42.0 Å². The Morgan fingerprint density at radius 2 is 1.70 bits per heavy atom. The molecule has 0 unspecified atom stereocenters. The fourth-order valence-electron chi connectivity index (χ4n) is 4.01. The van der Waals surface area contributed by atoms with Crippen LogP contribution in [0.5, 0.6) is 17.2 Å². The average molecular weight is 496 g/mol. The van der Waals surface area contributed by atoms with Gasteiger partial charge in [-0.25, -0.2) is 4.79 Å².